The van der Waals surface area contributed by atoms with Gasteiger partial charge in [0.15, 0.2) is 5.78 Å². The number of carbonyl (C=O) groups is 1. The molecular weight excluding hydrogens is 212 g/mol. The summed E-state index contributed by atoms with van der Waals surface area (Å²) in [4.78, 5) is 12.0. The number of rotatable bonds is 5. The van der Waals surface area contributed by atoms with E-state index in [1.165, 1.54) is 32.1 Å². The minimum atomic E-state index is 0.260. The highest BCUT2D eigenvalue weighted by atomic mass is 16.1. The summed E-state index contributed by atoms with van der Waals surface area (Å²) in [6, 6.07) is 0. The second kappa shape index (κ2) is 5.99. The molecule has 0 bridgehead atoms. The Morgan fingerprint density at radius 2 is 2.18 bits per heavy atom. The molecule has 0 aliphatic heterocycles. The van der Waals surface area contributed by atoms with Gasteiger partial charge in [0.2, 0.25) is 0 Å². The van der Waals surface area contributed by atoms with E-state index in [4.69, 9.17) is 0 Å². The zero-order chi connectivity index (χ0) is 12.1. The molecule has 2 rings (SSSR count). The third kappa shape index (κ3) is 3.42. The summed E-state index contributed by atoms with van der Waals surface area (Å²) >= 11 is 0. The molecular formula is C14H22N2O. The molecule has 0 saturated heterocycles. The van der Waals surface area contributed by atoms with Crippen molar-refractivity contribution in [3.05, 3.63) is 18.0 Å². The summed E-state index contributed by atoms with van der Waals surface area (Å²) in [5.74, 6) is 1.05. The molecule has 0 N–H and O–H groups in total. The van der Waals surface area contributed by atoms with Crippen LogP contribution >= 0.6 is 0 Å². The molecule has 3 nitrogen and oxygen atoms in total. The lowest BCUT2D eigenvalue weighted by molar-refractivity contribution is 0.0970. The van der Waals surface area contributed by atoms with Crippen LogP contribution in [0.25, 0.3) is 0 Å². The average Bonchev–Trinajstić information content (AvgIpc) is 2.86. The summed E-state index contributed by atoms with van der Waals surface area (Å²) in [7, 11) is 0. The smallest absolute Gasteiger partial charge is 0.166 e. The highest BCUT2D eigenvalue weighted by molar-refractivity contribution is 5.95. The van der Waals surface area contributed by atoms with Gasteiger partial charge in [0.05, 0.1) is 11.8 Å². The molecule has 1 heterocycles. The molecule has 1 aromatic rings. The number of nitrogens with zero attached hydrogens (tertiary/aromatic N) is 2. The van der Waals surface area contributed by atoms with Gasteiger partial charge in [-0.15, -0.1) is 0 Å². The van der Waals surface area contributed by atoms with Gasteiger partial charge in [-0.2, -0.15) is 5.10 Å². The quantitative estimate of drug-likeness (QED) is 0.731. The van der Waals surface area contributed by atoms with Gasteiger partial charge in [0.25, 0.3) is 0 Å². The molecule has 0 amide bonds. The lowest BCUT2D eigenvalue weighted by Crippen LogP contribution is -2.09. The van der Waals surface area contributed by atoms with Crippen LogP contribution in [0.1, 0.15) is 62.2 Å². The van der Waals surface area contributed by atoms with Gasteiger partial charge < -0.3 is 0 Å². The lowest BCUT2D eigenvalue weighted by atomic mass is 9.85. The van der Waals surface area contributed by atoms with Crippen LogP contribution in [0.3, 0.4) is 0 Å². The predicted octanol–water partition coefficient (Wildman–Crippen LogP) is 3.45. The Balaban J connectivity index is 1.80. The van der Waals surface area contributed by atoms with Crippen LogP contribution in [0.15, 0.2) is 12.4 Å². The summed E-state index contributed by atoms with van der Waals surface area (Å²) in [6.45, 7) is 2.86. The average molecular weight is 234 g/mol. The zero-order valence-corrected chi connectivity index (χ0v) is 10.7. The largest absolute Gasteiger partial charge is 0.294 e. The lowest BCUT2D eigenvalue weighted by Gasteiger charge is -2.20. The predicted molar refractivity (Wildman–Crippen MR) is 68.0 cm³/mol. The van der Waals surface area contributed by atoms with Gasteiger partial charge in [-0.25, -0.2) is 0 Å². The van der Waals surface area contributed by atoms with E-state index in [1.807, 2.05) is 17.8 Å². The maximum Gasteiger partial charge on any atom is 0.166 e. The van der Waals surface area contributed by atoms with E-state index in [2.05, 4.69) is 5.10 Å². The van der Waals surface area contributed by atoms with Gasteiger partial charge >= 0.3 is 0 Å². The second-order valence-electron chi connectivity index (χ2n) is 5.05. The van der Waals surface area contributed by atoms with Crippen molar-refractivity contribution >= 4 is 5.78 Å². The van der Waals surface area contributed by atoms with Crippen molar-refractivity contribution in [2.75, 3.05) is 0 Å². The minimum Gasteiger partial charge on any atom is -0.294 e. The Bertz CT molecular complexity index is 364. The van der Waals surface area contributed by atoms with Gasteiger partial charge in [0, 0.05) is 19.2 Å². The first kappa shape index (κ1) is 12.3. The number of ketones is 1. The highest BCUT2D eigenvalue weighted by Gasteiger charge is 2.16. The third-order valence-electron chi connectivity index (χ3n) is 3.78. The van der Waals surface area contributed by atoms with E-state index in [-0.39, 0.29) is 5.78 Å². The molecule has 1 fully saturated rings. The molecule has 0 aromatic carbocycles. The Morgan fingerprint density at radius 3 is 2.82 bits per heavy atom. The molecule has 1 aliphatic carbocycles. The van der Waals surface area contributed by atoms with Crippen molar-refractivity contribution in [2.45, 2.75) is 58.4 Å². The van der Waals surface area contributed by atoms with Crippen LogP contribution in [0, 0.1) is 5.92 Å². The molecule has 17 heavy (non-hydrogen) atoms. The third-order valence-corrected chi connectivity index (χ3v) is 3.78. The Morgan fingerprint density at radius 1 is 1.41 bits per heavy atom. The van der Waals surface area contributed by atoms with E-state index in [9.17, 15) is 4.79 Å². The molecule has 3 heteroatoms. The fraction of sp³-hybridized carbons (Fsp3) is 0.714. The number of carbonyl (C=O) groups excluding carboxylic acids is 1. The standard InChI is InChI=1S/C14H22N2O/c1-2-16-11-13(10-15-16)14(17)9-8-12-6-4-3-5-7-12/h10-12H,2-9H2,1H3. The van der Waals surface area contributed by atoms with Crippen LogP contribution in [0.4, 0.5) is 0 Å². The molecule has 0 spiro atoms. The monoisotopic (exact) mass is 234 g/mol. The maximum atomic E-state index is 12.0. The van der Waals surface area contributed by atoms with Crippen LogP contribution in [0.2, 0.25) is 0 Å². The molecule has 1 aromatic heterocycles. The Hall–Kier alpha value is -1.12. The molecule has 0 unspecified atom stereocenters. The first-order chi connectivity index (χ1) is 8.29. The van der Waals surface area contributed by atoms with Gasteiger partial charge in [-0.05, 0) is 19.3 Å². The van der Waals surface area contributed by atoms with Crippen molar-refractivity contribution in [3.63, 3.8) is 0 Å². The fourth-order valence-corrected chi connectivity index (χ4v) is 2.64. The van der Waals surface area contributed by atoms with Crippen LogP contribution in [-0.2, 0) is 6.54 Å². The molecule has 0 atom stereocenters. The van der Waals surface area contributed by atoms with Crippen molar-refractivity contribution in [1.82, 2.24) is 9.78 Å². The van der Waals surface area contributed by atoms with Crippen molar-refractivity contribution in [3.8, 4) is 0 Å². The highest BCUT2D eigenvalue weighted by Crippen LogP contribution is 2.27. The second-order valence-corrected chi connectivity index (χ2v) is 5.05. The van der Waals surface area contributed by atoms with E-state index in [1.54, 1.807) is 6.20 Å². The molecule has 94 valence electrons. The van der Waals surface area contributed by atoms with Crippen molar-refractivity contribution in [1.29, 1.82) is 0 Å². The summed E-state index contributed by atoms with van der Waals surface area (Å²) in [5.41, 5.74) is 0.780. The Kier molecular flexibility index (Phi) is 4.35. The number of hydrogen-bond donors (Lipinski definition) is 0. The first-order valence-corrected chi connectivity index (χ1v) is 6.85. The van der Waals surface area contributed by atoms with E-state index in [0.717, 1.165) is 24.4 Å². The summed E-state index contributed by atoms with van der Waals surface area (Å²) < 4.78 is 1.81. The van der Waals surface area contributed by atoms with Gasteiger partial charge in [-0.1, -0.05) is 32.1 Å². The summed E-state index contributed by atoms with van der Waals surface area (Å²) in [5, 5.41) is 4.15. The van der Waals surface area contributed by atoms with Gasteiger partial charge in [-0.3, -0.25) is 9.48 Å². The molecule has 1 aliphatic rings. The fourth-order valence-electron chi connectivity index (χ4n) is 2.64. The molecule has 1 saturated carbocycles. The van der Waals surface area contributed by atoms with Crippen LogP contribution in [0.5, 0.6) is 0 Å². The zero-order valence-electron chi connectivity index (χ0n) is 10.7. The van der Waals surface area contributed by atoms with Crippen LogP contribution in [-0.4, -0.2) is 15.6 Å². The number of hydrogen-bond acceptors (Lipinski definition) is 2. The SMILES string of the molecule is CCn1cc(C(=O)CCC2CCCCC2)cn1. The van der Waals surface area contributed by atoms with Gasteiger partial charge in [0.1, 0.15) is 0 Å². The molecule has 0 radical (unpaired) electrons. The topological polar surface area (TPSA) is 34.9 Å². The number of aromatic nitrogens is 2. The van der Waals surface area contributed by atoms with E-state index in [0.29, 0.717) is 6.42 Å². The maximum absolute atomic E-state index is 12.0. The van der Waals surface area contributed by atoms with E-state index >= 15 is 0 Å². The summed E-state index contributed by atoms with van der Waals surface area (Å²) in [6.07, 6.45) is 12.1. The van der Waals surface area contributed by atoms with Crippen LogP contribution < -0.4 is 0 Å². The normalized spacial score (nSPS) is 17.2. The Labute approximate surface area is 103 Å². The van der Waals surface area contributed by atoms with E-state index < -0.39 is 0 Å². The number of Topliss-reactive ketones (excluding diaryl/α,β-unsaturated/α-hetero) is 1. The first-order valence-electron chi connectivity index (χ1n) is 6.85. The minimum absolute atomic E-state index is 0.260. The van der Waals surface area contributed by atoms with Crippen molar-refractivity contribution in [2.24, 2.45) is 5.92 Å². The van der Waals surface area contributed by atoms with Crippen molar-refractivity contribution < 1.29 is 4.79 Å². The number of aryl methyl sites for hydroxylation is 1.